The summed E-state index contributed by atoms with van der Waals surface area (Å²) in [6.07, 6.45) is 5.34. The number of hydrogen-bond donors (Lipinski definition) is 1. The van der Waals surface area contributed by atoms with Crippen LogP contribution in [0.2, 0.25) is 0 Å². The number of aliphatic carboxylic acids is 1. The number of rotatable bonds is 5. The van der Waals surface area contributed by atoms with Gasteiger partial charge in [-0.2, -0.15) is 0 Å². The van der Waals surface area contributed by atoms with Gasteiger partial charge in [0.25, 0.3) is 0 Å². The van der Waals surface area contributed by atoms with E-state index in [1.807, 2.05) is 0 Å². The summed E-state index contributed by atoms with van der Waals surface area (Å²) in [7, 11) is 0. The maximum Gasteiger partial charge on any atom is 0.320 e. The van der Waals surface area contributed by atoms with Gasteiger partial charge in [0, 0.05) is 6.54 Å². The number of carbonyl (C=O) groups is 1. The molecule has 1 fully saturated rings. The number of carboxylic acid groups (broad SMARTS) is 1. The smallest absolute Gasteiger partial charge is 0.320 e. The summed E-state index contributed by atoms with van der Waals surface area (Å²) in [4.78, 5) is 13.3. The number of carboxylic acids is 1. The number of hydrogen-bond acceptors (Lipinski definition) is 2. The van der Waals surface area contributed by atoms with Crippen LogP contribution in [0.25, 0.3) is 0 Å². The van der Waals surface area contributed by atoms with Gasteiger partial charge in [0.2, 0.25) is 0 Å². The molecule has 1 aliphatic heterocycles. The SMILES string of the molecule is CCCC(C(=O)O)N1CCCC(CC)C1. The van der Waals surface area contributed by atoms with Crippen LogP contribution in [0, 0.1) is 5.92 Å². The Hall–Kier alpha value is -0.570. The van der Waals surface area contributed by atoms with Gasteiger partial charge in [0.1, 0.15) is 6.04 Å². The largest absolute Gasteiger partial charge is 0.480 e. The minimum Gasteiger partial charge on any atom is -0.480 e. The van der Waals surface area contributed by atoms with Crippen molar-refractivity contribution in [3.63, 3.8) is 0 Å². The lowest BCUT2D eigenvalue weighted by atomic mass is 9.94. The van der Waals surface area contributed by atoms with Crippen molar-refractivity contribution in [3.05, 3.63) is 0 Å². The first-order valence-corrected chi connectivity index (χ1v) is 6.15. The number of nitrogens with zero attached hydrogens (tertiary/aromatic N) is 1. The van der Waals surface area contributed by atoms with Gasteiger partial charge >= 0.3 is 5.97 Å². The molecule has 1 N–H and O–H groups in total. The Morgan fingerprint density at radius 3 is 2.80 bits per heavy atom. The molecule has 2 atom stereocenters. The molecule has 3 nitrogen and oxygen atoms in total. The van der Waals surface area contributed by atoms with Crippen LogP contribution in [0.1, 0.15) is 46.0 Å². The molecule has 0 aromatic carbocycles. The van der Waals surface area contributed by atoms with Gasteiger partial charge in [-0.3, -0.25) is 9.69 Å². The van der Waals surface area contributed by atoms with Crippen LogP contribution in [0.4, 0.5) is 0 Å². The summed E-state index contributed by atoms with van der Waals surface area (Å²) in [5.74, 6) is 0.0612. The fourth-order valence-electron chi connectivity index (χ4n) is 2.45. The van der Waals surface area contributed by atoms with Crippen LogP contribution in [0.15, 0.2) is 0 Å². The van der Waals surface area contributed by atoms with E-state index in [4.69, 9.17) is 0 Å². The quantitative estimate of drug-likeness (QED) is 0.762. The Balaban J connectivity index is 2.54. The third-order valence-corrected chi connectivity index (χ3v) is 3.42. The van der Waals surface area contributed by atoms with E-state index in [1.165, 1.54) is 12.8 Å². The maximum atomic E-state index is 11.1. The van der Waals surface area contributed by atoms with Crippen molar-refractivity contribution >= 4 is 5.97 Å². The van der Waals surface area contributed by atoms with Crippen molar-refractivity contribution in [2.24, 2.45) is 5.92 Å². The molecule has 0 bridgehead atoms. The van der Waals surface area contributed by atoms with Gasteiger partial charge in [-0.1, -0.05) is 26.7 Å². The standard InChI is InChI=1S/C12H23NO2/c1-3-6-11(12(14)15)13-8-5-7-10(4-2)9-13/h10-11H,3-9H2,1-2H3,(H,14,15). The Labute approximate surface area is 92.5 Å². The highest BCUT2D eigenvalue weighted by Crippen LogP contribution is 2.22. The average molecular weight is 213 g/mol. The van der Waals surface area contributed by atoms with Gasteiger partial charge in [0.05, 0.1) is 0 Å². The topological polar surface area (TPSA) is 40.5 Å². The van der Waals surface area contributed by atoms with E-state index in [0.29, 0.717) is 5.92 Å². The first kappa shape index (κ1) is 12.5. The van der Waals surface area contributed by atoms with E-state index >= 15 is 0 Å². The predicted molar refractivity (Wildman–Crippen MR) is 60.9 cm³/mol. The normalized spacial score (nSPS) is 25.1. The van der Waals surface area contributed by atoms with Crippen LogP contribution in [-0.4, -0.2) is 35.1 Å². The molecular weight excluding hydrogens is 190 g/mol. The third-order valence-electron chi connectivity index (χ3n) is 3.42. The summed E-state index contributed by atoms with van der Waals surface area (Å²) >= 11 is 0. The molecule has 15 heavy (non-hydrogen) atoms. The molecule has 0 saturated carbocycles. The van der Waals surface area contributed by atoms with Gasteiger partial charge < -0.3 is 5.11 Å². The molecule has 1 aliphatic rings. The lowest BCUT2D eigenvalue weighted by molar-refractivity contribution is -0.144. The lowest BCUT2D eigenvalue weighted by Gasteiger charge is -2.36. The third kappa shape index (κ3) is 3.49. The van der Waals surface area contributed by atoms with Crippen molar-refractivity contribution in [1.82, 2.24) is 4.90 Å². The molecule has 3 heteroatoms. The van der Waals surface area contributed by atoms with Crippen molar-refractivity contribution in [2.75, 3.05) is 13.1 Å². The maximum absolute atomic E-state index is 11.1. The van der Waals surface area contributed by atoms with E-state index in [2.05, 4.69) is 18.7 Å². The van der Waals surface area contributed by atoms with E-state index in [0.717, 1.165) is 32.4 Å². The second-order valence-corrected chi connectivity index (χ2v) is 4.55. The summed E-state index contributed by atoms with van der Waals surface area (Å²) in [5, 5.41) is 9.17. The Morgan fingerprint density at radius 1 is 1.53 bits per heavy atom. The second kappa shape index (κ2) is 6.11. The summed E-state index contributed by atoms with van der Waals surface area (Å²) in [6.45, 7) is 6.20. The minimum absolute atomic E-state index is 0.246. The zero-order valence-electron chi connectivity index (χ0n) is 9.91. The highest BCUT2D eigenvalue weighted by Gasteiger charge is 2.28. The second-order valence-electron chi connectivity index (χ2n) is 4.55. The van der Waals surface area contributed by atoms with Crippen molar-refractivity contribution in [3.8, 4) is 0 Å². The van der Waals surface area contributed by atoms with Crippen LogP contribution >= 0.6 is 0 Å². The first-order valence-electron chi connectivity index (χ1n) is 6.15. The van der Waals surface area contributed by atoms with E-state index in [-0.39, 0.29) is 6.04 Å². The van der Waals surface area contributed by atoms with Gasteiger partial charge in [0.15, 0.2) is 0 Å². The van der Waals surface area contributed by atoms with Crippen molar-refractivity contribution in [1.29, 1.82) is 0 Å². The van der Waals surface area contributed by atoms with Crippen molar-refractivity contribution < 1.29 is 9.90 Å². The number of likely N-dealkylation sites (tertiary alicyclic amines) is 1. The highest BCUT2D eigenvalue weighted by atomic mass is 16.4. The molecule has 0 amide bonds. The summed E-state index contributed by atoms with van der Waals surface area (Å²) in [6, 6.07) is -0.246. The zero-order valence-corrected chi connectivity index (χ0v) is 9.91. The van der Waals surface area contributed by atoms with Crippen LogP contribution in [0.3, 0.4) is 0 Å². The molecule has 88 valence electrons. The Kier molecular flexibility index (Phi) is 5.09. The van der Waals surface area contributed by atoms with E-state index in [1.54, 1.807) is 0 Å². The van der Waals surface area contributed by atoms with Crippen molar-refractivity contribution in [2.45, 2.75) is 52.0 Å². The molecule has 1 rings (SSSR count). The van der Waals surface area contributed by atoms with Crippen LogP contribution in [-0.2, 0) is 4.79 Å². The molecule has 2 unspecified atom stereocenters. The molecule has 1 saturated heterocycles. The van der Waals surface area contributed by atoms with Crippen LogP contribution < -0.4 is 0 Å². The van der Waals surface area contributed by atoms with E-state index < -0.39 is 5.97 Å². The fraction of sp³-hybridized carbons (Fsp3) is 0.917. The van der Waals surface area contributed by atoms with Gasteiger partial charge in [-0.25, -0.2) is 0 Å². The summed E-state index contributed by atoms with van der Waals surface area (Å²) < 4.78 is 0. The highest BCUT2D eigenvalue weighted by molar-refractivity contribution is 5.73. The molecule has 0 aromatic rings. The average Bonchev–Trinajstić information content (AvgIpc) is 2.25. The lowest BCUT2D eigenvalue weighted by Crippen LogP contribution is -2.46. The molecular formula is C12H23NO2. The van der Waals surface area contributed by atoms with Gasteiger partial charge in [-0.15, -0.1) is 0 Å². The predicted octanol–water partition coefficient (Wildman–Crippen LogP) is 2.36. The first-order chi connectivity index (χ1) is 7.19. The minimum atomic E-state index is -0.645. The summed E-state index contributed by atoms with van der Waals surface area (Å²) in [5.41, 5.74) is 0. The molecule has 0 spiro atoms. The van der Waals surface area contributed by atoms with Crippen LogP contribution in [0.5, 0.6) is 0 Å². The molecule has 0 aliphatic carbocycles. The Morgan fingerprint density at radius 2 is 2.27 bits per heavy atom. The fourth-order valence-corrected chi connectivity index (χ4v) is 2.45. The monoisotopic (exact) mass is 213 g/mol. The number of piperidine rings is 1. The zero-order chi connectivity index (χ0) is 11.3. The van der Waals surface area contributed by atoms with Gasteiger partial charge in [-0.05, 0) is 31.7 Å². The Bertz CT molecular complexity index is 206. The molecule has 1 heterocycles. The van der Waals surface area contributed by atoms with E-state index in [9.17, 15) is 9.90 Å². The molecule has 0 radical (unpaired) electrons. The molecule has 0 aromatic heterocycles.